The quantitative estimate of drug-likeness (QED) is 0.897. The Morgan fingerprint density at radius 3 is 2.85 bits per heavy atom. The first-order valence-corrected chi connectivity index (χ1v) is 7.70. The van der Waals surface area contributed by atoms with E-state index in [2.05, 4.69) is 5.32 Å². The number of carbonyl (C=O) groups excluding carboxylic acids is 1. The van der Waals surface area contributed by atoms with Gasteiger partial charge >= 0.3 is 5.97 Å². The van der Waals surface area contributed by atoms with Gasteiger partial charge in [0, 0.05) is 11.5 Å². The molecule has 2 atom stereocenters. The minimum Gasteiger partial charge on any atom is -0.478 e. The summed E-state index contributed by atoms with van der Waals surface area (Å²) >= 11 is 1.40. The molecule has 0 bridgehead atoms. The largest absolute Gasteiger partial charge is 0.478 e. The molecule has 2 heterocycles. The number of thiophene rings is 1. The van der Waals surface area contributed by atoms with Crippen LogP contribution in [0.15, 0.2) is 0 Å². The standard InChI is InChI=1S/C14H17NO4S/c1-7-5-6-19-11(7)12(16)15-13-10(14(17)18)8-3-2-4-9(8)20-13/h7,11H,2-6H2,1H3,(H,15,16)(H,17,18). The number of amides is 1. The third-order valence-corrected chi connectivity index (χ3v) is 5.22. The molecule has 6 heteroatoms. The average Bonchev–Trinajstić information content (AvgIpc) is 3.03. The summed E-state index contributed by atoms with van der Waals surface area (Å²) < 4.78 is 5.42. The van der Waals surface area contributed by atoms with Crippen LogP contribution in [0.25, 0.3) is 0 Å². The summed E-state index contributed by atoms with van der Waals surface area (Å²) in [5.41, 5.74) is 1.18. The van der Waals surface area contributed by atoms with E-state index in [9.17, 15) is 14.7 Å². The number of carboxylic acids is 1. The lowest BCUT2D eigenvalue weighted by Gasteiger charge is -2.14. The number of hydrogen-bond acceptors (Lipinski definition) is 4. The first-order valence-electron chi connectivity index (χ1n) is 6.88. The van der Waals surface area contributed by atoms with Gasteiger partial charge in [-0.15, -0.1) is 11.3 Å². The number of aromatic carboxylic acids is 1. The van der Waals surface area contributed by atoms with Gasteiger partial charge in [-0.1, -0.05) is 6.92 Å². The van der Waals surface area contributed by atoms with E-state index >= 15 is 0 Å². The van der Waals surface area contributed by atoms with Gasteiger partial charge in [0.1, 0.15) is 11.1 Å². The molecule has 1 aromatic heterocycles. The number of carbonyl (C=O) groups is 2. The molecule has 2 unspecified atom stereocenters. The molecule has 2 aliphatic rings. The van der Waals surface area contributed by atoms with Crippen molar-refractivity contribution in [3.05, 3.63) is 16.0 Å². The van der Waals surface area contributed by atoms with Crippen LogP contribution in [0.3, 0.4) is 0 Å². The topological polar surface area (TPSA) is 75.6 Å². The first kappa shape index (κ1) is 13.6. The molecule has 1 aromatic rings. The molecule has 1 amide bonds. The van der Waals surface area contributed by atoms with E-state index in [0.29, 0.717) is 11.6 Å². The van der Waals surface area contributed by atoms with Crippen LogP contribution in [0, 0.1) is 5.92 Å². The summed E-state index contributed by atoms with van der Waals surface area (Å²) in [7, 11) is 0. The van der Waals surface area contributed by atoms with Gasteiger partial charge in [0.15, 0.2) is 0 Å². The lowest BCUT2D eigenvalue weighted by atomic mass is 10.0. The molecule has 1 aliphatic heterocycles. The number of carboxylic acid groups (broad SMARTS) is 1. The first-order chi connectivity index (χ1) is 9.58. The second-order valence-corrected chi connectivity index (χ2v) is 6.52. The molecule has 1 fully saturated rings. The number of nitrogens with one attached hydrogen (secondary N) is 1. The summed E-state index contributed by atoms with van der Waals surface area (Å²) in [5, 5.41) is 12.6. The van der Waals surface area contributed by atoms with Crippen molar-refractivity contribution in [1.82, 2.24) is 0 Å². The zero-order valence-corrected chi connectivity index (χ0v) is 12.1. The molecule has 0 spiro atoms. The Labute approximate surface area is 120 Å². The lowest BCUT2D eigenvalue weighted by Crippen LogP contribution is -2.31. The Morgan fingerprint density at radius 2 is 2.20 bits per heavy atom. The van der Waals surface area contributed by atoms with Crippen LogP contribution in [-0.2, 0) is 22.4 Å². The minimum absolute atomic E-state index is 0.176. The summed E-state index contributed by atoms with van der Waals surface area (Å²) in [6.45, 7) is 2.57. The van der Waals surface area contributed by atoms with Crippen LogP contribution in [0.1, 0.15) is 40.6 Å². The molecule has 108 valence electrons. The molecule has 1 saturated heterocycles. The summed E-state index contributed by atoms with van der Waals surface area (Å²) in [6, 6.07) is 0. The highest BCUT2D eigenvalue weighted by molar-refractivity contribution is 7.17. The maximum atomic E-state index is 12.2. The fourth-order valence-electron chi connectivity index (χ4n) is 2.93. The van der Waals surface area contributed by atoms with E-state index in [1.54, 1.807) is 0 Å². The van der Waals surface area contributed by atoms with Crippen molar-refractivity contribution in [2.24, 2.45) is 5.92 Å². The van der Waals surface area contributed by atoms with E-state index in [4.69, 9.17) is 4.74 Å². The van der Waals surface area contributed by atoms with Crippen molar-refractivity contribution in [2.45, 2.75) is 38.7 Å². The fourth-order valence-corrected chi connectivity index (χ4v) is 4.22. The minimum atomic E-state index is -0.958. The van der Waals surface area contributed by atoms with Gasteiger partial charge in [-0.2, -0.15) is 0 Å². The summed E-state index contributed by atoms with van der Waals surface area (Å²) in [5.74, 6) is -1.01. The van der Waals surface area contributed by atoms with Crippen LogP contribution < -0.4 is 5.32 Å². The summed E-state index contributed by atoms with van der Waals surface area (Å²) in [4.78, 5) is 24.7. The number of rotatable bonds is 3. The van der Waals surface area contributed by atoms with Gasteiger partial charge in [-0.3, -0.25) is 4.79 Å². The van der Waals surface area contributed by atoms with Gasteiger partial charge in [0.2, 0.25) is 0 Å². The smallest absolute Gasteiger partial charge is 0.339 e. The van der Waals surface area contributed by atoms with Crippen LogP contribution in [0.4, 0.5) is 5.00 Å². The second kappa shape index (κ2) is 5.18. The Kier molecular flexibility index (Phi) is 3.52. The predicted octanol–water partition coefficient (Wildman–Crippen LogP) is 2.30. The lowest BCUT2D eigenvalue weighted by molar-refractivity contribution is -0.126. The third-order valence-electron chi connectivity index (χ3n) is 4.02. The number of fused-ring (bicyclic) bond motifs is 1. The Hall–Kier alpha value is -1.40. The Balaban J connectivity index is 1.84. The third kappa shape index (κ3) is 2.23. The summed E-state index contributed by atoms with van der Waals surface area (Å²) in [6.07, 6.45) is 3.10. The molecule has 0 saturated carbocycles. The Morgan fingerprint density at radius 1 is 1.40 bits per heavy atom. The Bertz CT molecular complexity index is 566. The number of ether oxygens (including phenoxy) is 1. The van der Waals surface area contributed by atoms with Crippen molar-refractivity contribution < 1.29 is 19.4 Å². The van der Waals surface area contributed by atoms with Crippen molar-refractivity contribution in [1.29, 1.82) is 0 Å². The highest BCUT2D eigenvalue weighted by Crippen LogP contribution is 2.39. The van der Waals surface area contributed by atoms with E-state index in [0.717, 1.165) is 36.1 Å². The molecule has 0 radical (unpaired) electrons. The maximum Gasteiger partial charge on any atom is 0.339 e. The van der Waals surface area contributed by atoms with Crippen molar-refractivity contribution >= 4 is 28.2 Å². The van der Waals surface area contributed by atoms with Crippen molar-refractivity contribution in [3.8, 4) is 0 Å². The highest BCUT2D eigenvalue weighted by atomic mass is 32.1. The van der Waals surface area contributed by atoms with E-state index in [1.807, 2.05) is 6.92 Å². The normalized spacial score (nSPS) is 24.6. The molecule has 1 aliphatic carbocycles. The fraction of sp³-hybridized carbons (Fsp3) is 0.571. The molecular formula is C14H17NO4S. The molecule has 3 rings (SSSR count). The monoisotopic (exact) mass is 295 g/mol. The number of hydrogen-bond donors (Lipinski definition) is 2. The SMILES string of the molecule is CC1CCOC1C(=O)Nc1sc2c(c1C(=O)O)CCC2. The van der Waals surface area contributed by atoms with Crippen LogP contribution >= 0.6 is 11.3 Å². The number of anilines is 1. The maximum absolute atomic E-state index is 12.2. The second-order valence-electron chi connectivity index (χ2n) is 5.41. The van der Waals surface area contributed by atoms with Crippen LogP contribution in [0.2, 0.25) is 0 Å². The van der Waals surface area contributed by atoms with Crippen molar-refractivity contribution in [3.63, 3.8) is 0 Å². The molecule has 0 aromatic carbocycles. The van der Waals surface area contributed by atoms with E-state index in [-0.39, 0.29) is 17.4 Å². The predicted molar refractivity (Wildman–Crippen MR) is 75.5 cm³/mol. The zero-order valence-electron chi connectivity index (χ0n) is 11.3. The van der Waals surface area contributed by atoms with E-state index in [1.165, 1.54) is 11.3 Å². The number of aryl methyl sites for hydroxylation is 1. The van der Waals surface area contributed by atoms with Gasteiger partial charge in [0.05, 0.1) is 5.56 Å². The molecule has 2 N–H and O–H groups in total. The molecule has 20 heavy (non-hydrogen) atoms. The van der Waals surface area contributed by atoms with Crippen LogP contribution in [-0.4, -0.2) is 29.7 Å². The van der Waals surface area contributed by atoms with Crippen LogP contribution in [0.5, 0.6) is 0 Å². The molecule has 5 nitrogen and oxygen atoms in total. The zero-order chi connectivity index (χ0) is 14.3. The van der Waals surface area contributed by atoms with Gasteiger partial charge in [0.25, 0.3) is 5.91 Å². The average molecular weight is 295 g/mol. The van der Waals surface area contributed by atoms with Gasteiger partial charge < -0.3 is 15.2 Å². The van der Waals surface area contributed by atoms with Gasteiger partial charge in [-0.05, 0) is 37.2 Å². The highest BCUT2D eigenvalue weighted by Gasteiger charge is 2.33. The van der Waals surface area contributed by atoms with Gasteiger partial charge in [-0.25, -0.2) is 4.79 Å². The molecular weight excluding hydrogens is 278 g/mol. The van der Waals surface area contributed by atoms with E-state index < -0.39 is 12.1 Å². The van der Waals surface area contributed by atoms with Crippen molar-refractivity contribution in [2.75, 3.05) is 11.9 Å².